The first-order valence-electron chi connectivity index (χ1n) is 6.56. The molecule has 0 aliphatic carbocycles. The minimum atomic E-state index is -0.163. The molecule has 1 aromatic rings. The van der Waals surface area contributed by atoms with E-state index in [2.05, 4.69) is 0 Å². The van der Waals surface area contributed by atoms with Crippen molar-refractivity contribution < 1.29 is 9.90 Å². The van der Waals surface area contributed by atoms with Crippen molar-refractivity contribution in [3.8, 4) is 0 Å². The number of Topliss-reactive ketones (excluding diaryl/α,β-unsaturated/α-hetero) is 1. The second-order valence-corrected chi connectivity index (χ2v) is 4.11. The Kier molecular flexibility index (Phi) is 6.37. The summed E-state index contributed by atoms with van der Waals surface area (Å²) < 4.78 is 0. The fourth-order valence-electron chi connectivity index (χ4n) is 1.63. The molecule has 0 heterocycles. The molecule has 1 N–H and O–H groups in total. The van der Waals surface area contributed by atoms with Crippen LogP contribution >= 0.6 is 0 Å². The monoisotopic (exact) mass is 256 g/mol. The molecule has 1 rings (SSSR count). The summed E-state index contributed by atoms with van der Waals surface area (Å²) >= 11 is 0. The zero-order valence-electron chi connectivity index (χ0n) is 11.5. The Morgan fingerprint density at radius 3 is 2.42 bits per heavy atom. The van der Waals surface area contributed by atoms with Gasteiger partial charge in [-0.15, -0.1) is 0 Å². The van der Waals surface area contributed by atoms with Crippen molar-refractivity contribution in [1.29, 1.82) is 0 Å². The molecule has 1 aromatic carbocycles. The number of ketones is 1. The second-order valence-electron chi connectivity index (χ2n) is 4.11. The van der Waals surface area contributed by atoms with E-state index in [0.717, 1.165) is 6.42 Å². The van der Waals surface area contributed by atoms with Crippen molar-refractivity contribution in [2.24, 2.45) is 0 Å². The van der Waals surface area contributed by atoms with Gasteiger partial charge in [0.15, 0.2) is 5.78 Å². The molecular weight excluding hydrogens is 236 g/mol. The highest BCUT2D eigenvalue weighted by atomic mass is 16.3. The average molecular weight is 256 g/mol. The van der Waals surface area contributed by atoms with E-state index in [1.807, 2.05) is 38.1 Å². The lowest BCUT2D eigenvalue weighted by atomic mass is 10.0. The first-order chi connectivity index (χ1) is 9.20. The summed E-state index contributed by atoms with van der Waals surface area (Å²) in [5, 5.41) is 9.98. The summed E-state index contributed by atoms with van der Waals surface area (Å²) in [5.41, 5.74) is 0.910. The van der Waals surface area contributed by atoms with Crippen LogP contribution in [0.2, 0.25) is 0 Å². The number of allylic oxidation sites excluding steroid dienone is 5. The van der Waals surface area contributed by atoms with Gasteiger partial charge in [0, 0.05) is 5.56 Å². The van der Waals surface area contributed by atoms with E-state index in [1.165, 1.54) is 0 Å². The van der Waals surface area contributed by atoms with Crippen LogP contribution in [0.25, 0.3) is 0 Å². The van der Waals surface area contributed by atoms with E-state index in [0.29, 0.717) is 17.6 Å². The van der Waals surface area contributed by atoms with E-state index in [9.17, 15) is 9.90 Å². The molecule has 0 unspecified atom stereocenters. The highest BCUT2D eigenvalue weighted by molar-refractivity contribution is 6.11. The highest BCUT2D eigenvalue weighted by Crippen LogP contribution is 2.15. The Labute approximate surface area is 114 Å². The number of aliphatic hydroxyl groups is 1. The summed E-state index contributed by atoms with van der Waals surface area (Å²) in [5.74, 6) is -0.124. The Hall–Kier alpha value is -2.09. The quantitative estimate of drug-likeness (QED) is 0.349. The van der Waals surface area contributed by atoms with Gasteiger partial charge in [0.25, 0.3) is 0 Å². The van der Waals surface area contributed by atoms with Crippen molar-refractivity contribution in [1.82, 2.24) is 0 Å². The number of benzene rings is 1. The van der Waals surface area contributed by atoms with Gasteiger partial charge in [-0.05, 0) is 25.0 Å². The third kappa shape index (κ3) is 4.59. The fraction of sp³-hybridized carbons (Fsp3) is 0.235. The average Bonchev–Trinajstić information content (AvgIpc) is 2.44. The highest BCUT2D eigenvalue weighted by Gasteiger charge is 2.14. The van der Waals surface area contributed by atoms with Gasteiger partial charge in [-0.2, -0.15) is 0 Å². The number of aliphatic hydroxyl groups excluding tert-OH is 1. The fourth-order valence-corrected chi connectivity index (χ4v) is 1.63. The molecule has 2 nitrogen and oxygen atoms in total. The maximum atomic E-state index is 12.4. The SMILES string of the molecule is CC\C=C/C=C(C(=O)c1ccccc1)\C(O)=C/CC. The van der Waals surface area contributed by atoms with Crippen LogP contribution in [0.4, 0.5) is 0 Å². The molecule has 0 saturated carbocycles. The van der Waals surface area contributed by atoms with Crippen molar-refractivity contribution in [2.45, 2.75) is 26.7 Å². The molecule has 0 radical (unpaired) electrons. The number of rotatable bonds is 6. The third-order valence-electron chi connectivity index (χ3n) is 2.59. The molecule has 19 heavy (non-hydrogen) atoms. The molecular formula is C17H20O2. The van der Waals surface area contributed by atoms with Crippen molar-refractivity contribution in [2.75, 3.05) is 0 Å². The summed E-state index contributed by atoms with van der Waals surface area (Å²) in [6.07, 6.45) is 8.63. The number of carbonyl (C=O) groups is 1. The molecule has 2 heteroatoms. The predicted molar refractivity (Wildman–Crippen MR) is 79.3 cm³/mol. The third-order valence-corrected chi connectivity index (χ3v) is 2.59. The lowest BCUT2D eigenvalue weighted by Gasteiger charge is -2.05. The molecule has 0 saturated heterocycles. The summed E-state index contributed by atoms with van der Waals surface area (Å²) in [7, 11) is 0. The number of hydrogen-bond donors (Lipinski definition) is 1. The van der Waals surface area contributed by atoms with Gasteiger partial charge in [-0.25, -0.2) is 0 Å². The molecule has 0 aliphatic rings. The van der Waals surface area contributed by atoms with Gasteiger partial charge in [0.2, 0.25) is 0 Å². The Bertz CT molecular complexity index is 493. The molecule has 0 fully saturated rings. The van der Waals surface area contributed by atoms with E-state index in [1.54, 1.807) is 30.4 Å². The first-order valence-corrected chi connectivity index (χ1v) is 6.56. The van der Waals surface area contributed by atoms with E-state index in [-0.39, 0.29) is 11.5 Å². The van der Waals surface area contributed by atoms with Gasteiger partial charge in [-0.3, -0.25) is 4.79 Å². The Morgan fingerprint density at radius 1 is 1.16 bits per heavy atom. The maximum absolute atomic E-state index is 12.4. The predicted octanol–water partition coefficient (Wildman–Crippen LogP) is 4.61. The molecule has 0 bridgehead atoms. The van der Waals surface area contributed by atoms with Gasteiger partial charge < -0.3 is 5.11 Å². The van der Waals surface area contributed by atoms with Crippen LogP contribution in [0.3, 0.4) is 0 Å². The van der Waals surface area contributed by atoms with Gasteiger partial charge in [0.1, 0.15) is 5.76 Å². The molecule has 0 aromatic heterocycles. The normalized spacial score (nSPS) is 12.9. The minimum absolute atomic E-state index is 0.0390. The van der Waals surface area contributed by atoms with Crippen LogP contribution in [-0.4, -0.2) is 10.9 Å². The van der Waals surface area contributed by atoms with Crippen LogP contribution in [0.15, 0.2) is 66.0 Å². The topological polar surface area (TPSA) is 37.3 Å². The van der Waals surface area contributed by atoms with Crippen LogP contribution in [0.5, 0.6) is 0 Å². The zero-order valence-corrected chi connectivity index (χ0v) is 11.5. The summed E-state index contributed by atoms with van der Waals surface area (Å²) in [6, 6.07) is 8.98. The van der Waals surface area contributed by atoms with Gasteiger partial charge in [0.05, 0.1) is 5.57 Å². The van der Waals surface area contributed by atoms with Crippen molar-refractivity contribution in [3.63, 3.8) is 0 Å². The van der Waals surface area contributed by atoms with Crippen molar-refractivity contribution >= 4 is 5.78 Å². The smallest absolute Gasteiger partial charge is 0.196 e. The number of hydrogen-bond acceptors (Lipinski definition) is 2. The first kappa shape index (κ1) is 15.0. The largest absolute Gasteiger partial charge is 0.508 e. The summed E-state index contributed by atoms with van der Waals surface area (Å²) in [4.78, 5) is 12.4. The van der Waals surface area contributed by atoms with E-state index >= 15 is 0 Å². The van der Waals surface area contributed by atoms with E-state index < -0.39 is 0 Å². The molecule has 100 valence electrons. The van der Waals surface area contributed by atoms with Crippen LogP contribution in [0.1, 0.15) is 37.0 Å². The van der Waals surface area contributed by atoms with Crippen LogP contribution in [-0.2, 0) is 0 Å². The van der Waals surface area contributed by atoms with Gasteiger partial charge in [-0.1, -0.05) is 56.3 Å². The molecule has 0 spiro atoms. The Balaban J connectivity index is 3.10. The van der Waals surface area contributed by atoms with Crippen molar-refractivity contribution in [3.05, 3.63) is 71.5 Å². The maximum Gasteiger partial charge on any atom is 0.196 e. The molecule has 0 aliphatic heterocycles. The number of carbonyl (C=O) groups excluding carboxylic acids is 1. The van der Waals surface area contributed by atoms with Crippen LogP contribution < -0.4 is 0 Å². The lowest BCUT2D eigenvalue weighted by Crippen LogP contribution is -2.05. The molecule has 0 amide bonds. The van der Waals surface area contributed by atoms with Crippen LogP contribution in [0, 0.1) is 0 Å². The van der Waals surface area contributed by atoms with Gasteiger partial charge >= 0.3 is 0 Å². The Morgan fingerprint density at radius 2 is 1.84 bits per heavy atom. The van der Waals surface area contributed by atoms with E-state index in [4.69, 9.17) is 0 Å². The zero-order chi connectivity index (χ0) is 14.1. The summed E-state index contributed by atoms with van der Waals surface area (Å²) in [6.45, 7) is 3.94. The minimum Gasteiger partial charge on any atom is -0.508 e. The molecule has 0 atom stereocenters. The lowest BCUT2D eigenvalue weighted by molar-refractivity contribution is 0.103. The standard InChI is InChI=1S/C17H20O2/c1-3-5-7-13-15(16(18)10-4-2)17(19)14-11-8-6-9-12-14/h5-13,18H,3-4H2,1-2H3/b7-5-,15-13+,16-10+. The second kappa shape index (κ2) is 8.09.